The summed E-state index contributed by atoms with van der Waals surface area (Å²) in [4.78, 5) is 6.55. The van der Waals surface area contributed by atoms with Gasteiger partial charge in [-0.2, -0.15) is 5.26 Å². The van der Waals surface area contributed by atoms with Gasteiger partial charge >= 0.3 is 0 Å². The molecule has 1 aromatic heterocycles. The molecule has 2 N–H and O–H groups in total. The number of benzene rings is 1. The smallest absolute Gasteiger partial charge is 0.101 e. The Balaban J connectivity index is 2.07. The minimum Gasteiger partial charge on any atom is -0.386 e. The maximum absolute atomic E-state index is 9.27. The largest absolute Gasteiger partial charge is 0.386 e. The van der Waals surface area contributed by atoms with Gasteiger partial charge in [0.05, 0.1) is 16.9 Å². The molecule has 0 unspecified atom stereocenters. The van der Waals surface area contributed by atoms with Crippen LogP contribution in [-0.4, -0.2) is 23.0 Å². The predicted molar refractivity (Wildman–Crippen MR) is 87.9 cm³/mol. The van der Waals surface area contributed by atoms with Crippen LogP contribution in [0.25, 0.3) is 10.9 Å². The molecule has 1 fully saturated rings. The van der Waals surface area contributed by atoms with Gasteiger partial charge in [-0.1, -0.05) is 25.6 Å². The van der Waals surface area contributed by atoms with E-state index < -0.39 is 0 Å². The third-order valence-corrected chi connectivity index (χ3v) is 4.43. The highest BCUT2D eigenvalue weighted by Crippen LogP contribution is 2.35. The highest BCUT2D eigenvalue weighted by molar-refractivity contribution is 5.87. The minimum atomic E-state index is 0.378. The topological polar surface area (TPSA) is 65.9 Å². The predicted octanol–water partition coefficient (Wildman–Crippen LogP) is 2.96. The van der Waals surface area contributed by atoms with Crippen LogP contribution < -0.4 is 5.73 Å². The second-order valence-corrected chi connectivity index (χ2v) is 6.15. The van der Waals surface area contributed by atoms with Gasteiger partial charge in [0.2, 0.25) is 0 Å². The minimum absolute atomic E-state index is 0.378. The van der Waals surface area contributed by atoms with Crippen LogP contribution in [-0.2, 0) is 0 Å². The molecular formula is C18H20N4. The molecule has 1 aromatic carbocycles. The molecule has 2 heterocycles. The number of nitrogens with two attached hydrogens (primary N) is 1. The number of fused-ring (bicyclic) bond motifs is 1. The number of hydrogen-bond acceptors (Lipinski definition) is 4. The highest BCUT2D eigenvalue weighted by Gasteiger charge is 2.27. The highest BCUT2D eigenvalue weighted by atomic mass is 15.2. The van der Waals surface area contributed by atoms with Crippen molar-refractivity contribution in [1.29, 1.82) is 5.26 Å². The molecule has 4 heteroatoms. The Labute approximate surface area is 130 Å². The summed E-state index contributed by atoms with van der Waals surface area (Å²) in [6, 6.07) is 10.2. The fourth-order valence-electron chi connectivity index (χ4n) is 3.45. The zero-order chi connectivity index (χ0) is 15.7. The van der Waals surface area contributed by atoms with E-state index in [0.29, 0.717) is 23.2 Å². The zero-order valence-electron chi connectivity index (χ0n) is 12.8. The quantitative estimate of drug-likeness (QED) is 0.924. The molecule has 1 aliphatic rings. The Morgan fingerprint density at radius 3 is 2.95 bits per heavy atom. The van der Waals surface area contributed by atoms with Crippen molar-refractivity contribution in [3.8, 4) is 6.07 Å². The average molecular weight is 292 g/mol. The van der Waals surface area contributed by atoms with Gasteiger partial charge in [-0.25, -0.2) is 0 Å². The number of rotatable bonds is 2. The van der Waals surface area contributed by atoms with Gasteiger partial charge in [0, 0.05) is 30.6 Å². The fourth-order valence-corrected chi connectivity index (χ4v) is 3.45. The van der Waals surface area contributed by atoms with Gasteiger partial charge < -0.3 is 10.6 Å². The first kappa shape index (κ1) is 14.4. The van der Waals surface area contributed by atoms with Crippen molar-refractivity contribution in [2.45, 2.75) is 19.3 Å². The second kappa shape index (κ2) is 5.69. The van der Waals surface area contributed by atoms with Crippen molar-refractivity contribution < 1.29 is 0 Å². The first-order valence-electron chi connectivity index (χ1n) is 7.57. The maximum Gasteiger partial charge on any atom is 0.101 e. The molecule has 1 aliphatic heterocycles. The van der Waals surface area contributed by atoms with Crippen molar-refractivity contribution in [3.63, 3.8) is 0 Å². The van der Waals surface area contributed by atoms with E-state index in [0.717, 1.165) is 30.4 Å². The number of pyridine rings is 1. The van der Waals surface area contributed by atoms with Crippen LogP contribution in [0.4, 0.5) is 0 Å². The Kier molecular flexibility index (Phi) is 3.72. The first-order chi connectivity index (χ1) is 10.6. The van der Waals surface area contributed by atoms with Crippen LogP contribution in [0.5, 0.6) is 0 Å². The van der Waals surface area contributed by atoms with E-state index in [2.05, 4.69) is 41.6 Å². The van der Waals surface area contributed by atoms with Crippen LogP contribution in [0, 0.1) is 17.2 Å². The number of likely N-dealkylation sites (tertiary alicyclic amines) is 1. The molecule has 0 spiro atoms. The van der Waals surface area contributed by atoms with Crippen LogP contribution in [0.2, 0.25) is 0 Å². The molecule has 3 rings (SSSR count). The van der Waals surface area contributed by atoms with E-state index >= 15 is 0 Å². The lowest BCUT2D eigenvalue weighted by molar-refractivity contribution is 0.204. The van der Waals surface area contributed by atoms with E-state index in [4.69, 9.17) is 5.73 Å². The summed E-state index contributed by atoms with van der Waals surface area (Å²) >= 11 is 0. The van der Waals surface area contributed by atoms with Crippen molar-refractivity contribution in [2.75, 3.05) is 13.1 Å². The molecule has 0 amide bonds. The van der Waals surface area contributed by atoms with Gasteiger partial charge in [0.25, 0.3) is 0 Å². The summed E-state index contributed by atoms with van der Waals surface area (Å²) in [5.74, 6) is 1.57. The van der Waals surface area contributed by atoms with Gasteiger partial charge in [-0.05, 0) is 30.0 Å². The Morgan fingerprint density at radius 2 is 2.23 bits per heavy atom. The average Bonchev–Trinajstić information content (AvgIpc) is 2.53. The molecule has 2 aromatic rings. The molecule has 0 saturated carbocycles. The summed E-state index contributed by atoms with van der Waals surface area (Å²) in [5.41, 5.74) is 8.57. The normalized spacial score (nSPS) is 21.5. The van der Waals surface area contributed by atoms with Crippen molar-refractivity contribution in [3.05, 3.63) is 54.0 Å². The summed E-state index contributed by atoms with van der Waals surface area (Å²) in [7, 11) is 0. The molecule has 0 bridgehead atoms. The Hall–Kier alpha value is -2.54. The van der Waals surface area contributed by atoms with Crippen molar-refractivity contribution in [2.24, 2.45) is 11.7 Å². The second-order valence-electron chi connectivity index (χ2n) is 6.15. The Morgan fingerprint density at radius 1 is 1.41 bits per heavy atom. The summed E-state index contributed by atoms with van der Waals surface area (Å²) in [6.45, 7) is 7.95. The van der Waals surface area contributed by atoms with Crippen LogP contribution in [0.15, 0.2) is 42.9 Å². The van der Waals surface area contributed by atoms with E-state index in [1.807, 2.05) is 12.1 Å². The third kappa shape index (κ3) is 2.50. The standard InChI is InChI=1S/C18H20N4/c1-12-8-15(11-22(10-12)13(2)20)16-6-5-14(9-19)18-17(16)4-3-7-21-18/h3-7,12,15H,2,8,10-11,20H2,1H3/t12-,15+/m1/s1. The molecule has 0 aliphatic carbocycles. The van der Waals surface area contributed by atoms with Crippen molar-refractivity contribution >= 4 is 10.9 Å². The summed E-state index contributed by atoms with van der Waals surface area (Å²) in [5, 5.41) is 10.3. The lowest BCUT2D eigenvalue weighted by Gasteiger charge is -2.38. The van der Waals surface area contributed by atoms with E-state index in [1.165, 1.54) is 5.56 Å². The zero-order valence-corrected chi connectivity index (χ0v) is 12.8. The number of nitrogens with zero attached hydrogens (tertiary/aromatic N) is 3. The van der Waals surface area contributed by atoms with Crippen molar-refractivity contribution in [1.82, 2.24) is 9.88 Å². The monoisotopic (exact) mass is 292 g/mol. The lowest BCUT2D eigenvalue weighted by Crippen LogP contribution is -2.40. The SMILES string of the molecule is C=C(N)N1C[C@H](C)C[C@H](c2ccc(C#N)c3ncccc23)C1. The van der Waals surface area contributed by atoms with Gasteiger partial charge in [0.15, 0.2) is 0 Å². The third-order valence-electron chi connectivity index (χ3n) is 4.43. The van der Waals surface area contributed by atoms with Crippen LogP contribution >= 0.6 is 0 Å². The number of aromatic nitrogens is 1. The van der Waals surface area contributed by atoms with E-state index in [-0.39, 0.29) is 0 Å². The fraction of sp³-hybridized carbons (Fsp3) is 0.333. The summed E-state index contributed by atoms with van der Waals surface area (Å²) in [6.07, 6.45) is 2.85. The molecule has 112 valence electrons. The molecule has 2 atom stereocenters. The maximum atomic E-state index is 9.27. The number of nitriles is 1. The first-order valence-corrected chi connectivity index (χ1v) is 7.57. The van der Waals surface area contributed by atoms with Gasteiger partial charge in [-0.15, -0.1) is 0 Å². The summed E-state index contributed by atoms with van der Waals surface area (Å²) < 4.78 is 0. The molecule has 0 radical (unpaired) electrons. The molecule has 22 heavy (non-hydrogen) atoms. The van der Waals surface area contributed by atoms with E-state index in [9.17, 15) is 5.26 Å². The number of piperidine rings is 1. The van der Waals surface area contributed by atoms with Crippen LogP contribution in [0.3, 0.4) is 0 Å². The lowest BCUT2D eigenvalue weighted by atomic mass is 9.83. The molecule has 1 saturated heterocycles. The molecule has 4 nitrogen and oxygen atoms in total. The van der Waals surface area contributed by atoms with Gasteiger partial charge in [-0.3, -0.25) is 4.98 Å². The van der Waals surface area contributed by atoms with Gasteiger partial charge in [0.1, 0.15) is 6.07 Å². The van der Waals surface area contributed by atoms with Crippen LogP contribution in [0.1, 0.15) is 30.4 Å². The number of hydrogen-bond donors (Lipinski definition) is 1. The van der Waals surface area contributed by atoms with E-state index in [1.54, 1.807) is 6.20 Å². The Bertz CT molecular complexity index is 759. The molecular weight excluding hydrogens is 272 g/mol.